The van der Waals surface area contributed by atoms with Gasteiger partial charge in [0.15, 0.2) is 4.77 Å². The monoisotopic (exact) mass is 383 g/mol. The van der Waals surface area contributed by atoms with Crippen LogP contribution in [0.2, 0.25) is 0 Å². The molecule has 136 valence electrons. The first-order valence-corrected chi connectivity index (χ1v) is 10.5. The molecule has 3 nitrogen and oxygen atoms in total. The molecule has 0 aliphatic rings. The van der Waals surface area contributed by atoms with Gasteiger partial charge in [-0.15, -0.1) is 11.8 Å². The number of rotatable bonds is 7. The van der Waals surface area contributed by atoms with Crippen molar-refractivity contribution in [1.82, 2.24) is 14.8 Å². The zero-order chi connectivity index (χ0) is 18.5. The van der Waals surface area contributed by atoms with Gasteiger partial charge in [-0.1, -0.05) is 50.2 Å². The summed E-state index contributed by atoms with van der Waals surface area (Å²) in [7, 11) is 0. The second-order valence-electron chi connectivity index (χ2n) is 6.60. The number of nitrogens with zero attached hydrogens (tertiary/aromatic N) is 2. The molecule has 2 aromatic carbocycles. The normalized spacial score (nSPS) is 12.3. The summed E-state index contributed by atoms with van der Waals surface area (Å²) in [5.74, 6) is 3.32. The largest absolute Gasteiger partial charge is 0.271 e. The highest BCUT2D eigenvalue weighted by Gasteiger charge is 2.10. The van der Waals surface area contributed by atoms with E-state index in [9.17, 15) is 0 Å². The Balaban J connectivity index is 1.75. The number of benzene rings is 2. The Morgan fingerprint density at radius 1 is 1.12 bits per heavy atom. The Bertz CT molecular complexity index is 910. The fourth-order valence-electron chi connectivity index (χ4n) is 2.90. The Labute approximate surface area is 164 Å². The number of aromatic nitrogens is 3. The van der Waals surface area contributed by atoms with E-state index in [-0.39, 0.29) is 0 Å². The van der Waals surface area contributed by atoms with E-state index in [0.717, 1.165) is 29.4 Å². The zero-order valence-electron chi connectivity index (χ0n) is 15.5. The van der Waals surface area contributed by atoms with Crippen LogP contribution in [0.5, 0.6) is 0 Å². The lowest BCUT2D eigenvalue weighted by molar-refractivity contribution is 0.733. The summed E-state index contributed by atoms with van der Waals surface area (Å²) in [6.07, 6.45) is 1.14. The summed E-state index contributed by atoms with van der Waals surface area (Å²) in [6.45, 7) is 6.63. The van der Waals surface area contributed by atoms with Gasteiger partial charge in [0.1, 0.15) is 5.82 Å². The molecule has 0 radical (unpaired) electrons. The molecule has 0 amide bonds. The van der Waals surface area contributed by atoms with E-state index in [2.05, 4.69) is 79.5 Å². The molecule has 1 heterocycles. The third-order valence-corrected chi connectivity index (χ3v) is 6.08. The van der Waals surface area contributed by atoms with Gasteiger partial charge < -0.3 is 0 Å². The fraction of sp³-hybridized carbons (Fsp3) is 0.333. The fourth-order valence-corrected chi connectivity index (χ4v) is 4.18. The minimum atomic E-state index is 0.575. The molecule has 0 unspecified atom stereocenters. The van der Waals surface area contributed by atoms with Crippen molar-refractivity contribution in [3.63, 3.8) is 0 Å². The number of aryl methyl sites for hydroxylation is 1. The van der Waals surface area contributed by atoms with E-state index < -0.39 is 0 Å². The Morgan fingerprint density at radius 3 is 2.54 bits per heavy atom. The van der Waals surface area contributed by atoms with Crippen LogP contribution in [0.1, 0.15) is 48.7 Å². The lowest BCUT2D eigenvalue weighted by atomic mass is 9.99. The van der Waals surface area contributed by atoms with E-state index >= 15 is 0 Å². The smallest absolute Gasteiger partial charge is 0.199 e. The van der Waals surface area contributed by atoms with Gasteiger partial charge in [0, 0.05) is 11.4 Å². The predicted octanol–water partition coefficient (Wildman–Crippen LogP) is 6.19. The maximum absolute atomic E-state index is 5.46. The minimum absolute atomic E-state index is 0.575. The van der Waals surface area contributed by atoms with Crippen molar-refractivity contribution < 1.29 is 0 Å². The van der Waals surface area contributed by atoms with Crippen LogP contribution in [0.15, 0.2) is 48.5 Å². The lowest BCUT2D eigenvalue weighted by Crippen LogP contribution is -2.01. The van der Waals surface area contributed by atoms with E-state index in [1.807, 2.05) is 16.3 Å². The molecule has 1 aromatic heterocycles. The van der Waals surface area contributed by atoms with Crippen molar-refractivity contribution >= 4 is 24.0 Å². The molecule has 3 aromatic rings. The lowest BCUT2D eigenvalue weighted by Gasteiger charge is -2.11. The topological polar surface area (TPSA) is 33.6 Å². The van der Waals surface area contributed by atoms with Gasteiger partial charge in [-0.2, -0.15) is 5.10 Å². The third kappa shape index (κ3) is 4.27. The minimum Gasteiger partial charge on any atom is -0.271 e. The number of hydrogen-bond donors (Lipinski definition) is 1. The van der Waals surface area contributed by atoms with Crippen molar-refractivity contribution in [2.75, 3.05) is 0 Å². The highest BCUT2D eigenvalue weighted by molar-refractivity contribution is 7.97. The summed E-state index contributed by atoms with van der Waals surface area (Å²) in [6, 6.07) is 17.2. The molecule has 5 heteroatoms. The summed E-state index contributed by atoms with van der Waals surface area (Å²) < 4.78 is 2.69. The second kappa shape index (κ2) is 8.69. The number of hydrogen-bond acceptors (Lipinski definition) is 3. The van der Waals surface area contributed by atoms with Crippen molar-refractivity contribution in [2.24, 2.45) is 0 Å². The Kier molecular flexibility index (Phi) is 6.33. The number of aromatic amines is 1. The number of H-pyrrole nitrogens is 1. The first-order chi connectivity index (χ1) is 12.6. The molecule has 0 saturated carbocycles. The van der Waals surface area contributed by atoms with Crippen molar-refractivity contribution in [2.45, 2.75) is 44.6 Å². The highest BCUT2D eigenvalue weighted by atomic mass is 32.2. The maximum atomic E-state index is 5.46. The molecule has 0 saturated heterocycles. The van der Waals surface area contributed by atoms with Gasteiger partial charge in [0.2, 0.25) is 0 Å². The predicted molar refractivity (Wildman–Crippen MR) is 114 cm³/mol. The summed E-state index contributed by atoms with van der Waals surface area (Å²) in [5, 5.41) is 7.39. The van der Waals surface area contributed by atoms with Gasteiger partial charge in [0.05, 0.1) is 5.75 Å². The number of thioether (sulfide) groups is 1. The molecule has 1 N–H and O–H groups in total. The van der Waals surface area contributed by atoms with Crippen LogP contribution in [-0.4, -0.2) is 14.8 Å². The first-order valence-electron chi connectivity index (χ1n) is 8.99. The Hall–Kier alpha value is -1.85. The van der Waals surface area contributed by atoms with Crippen molar-refractivity contribution in [3.8, 4) is 5.69 Å². The molecule has 3 rings (SSSR count). The standard InChI is InChI=1S/C21H25N3S2/c1-4-15(2)17-9-11-19(12-10-17)24-20(22-23-21(24)25)14-26-13-18-8-6-5-7-16(18)3/h5-12,15H,4,13-14H2,1-3H3,(H,23,25)/t15-/m0/s1. The summed E-state index contributed by atoms with van der Waals surface area (Å²) in [4.78, 5) is 0. The first kappa shape index (κ1) is 18.9. The maximum Gasteiger partial charge on any atom is 0.199 e. The van der Waals surface area contributed by atoms with Crippen LogP contribution in [0, 0.1) is 11.7 Å². The van der Waals surface area contributed by atoms with E-state index in [1.165, 1.54) is 16.7 Å². The van der Waals surface area contributed by atoms with Crippen LogP contribution in [0.3, 0.4) is 0 Å². The van der Waals surface area contributed by atoms with E-state index in [1.54, 1.807) is 0 Å². The van der Waals surface area contributed by atoms with E-state index in [4.69, 9.17) is 12.2 Å². The van der Waals surface area contributed by atoms with Crippen LogP contribution < -0.4 is 0 Å². The Morgan fingerprint density at radius 2 is 1.85 bits per heavy atom. The highest BCUT2D eigenvalue weighted by Crippen LogP contribution is 2.23. The van der Waals surface area contributed by atoms with Crippen LogP contribution in [-0.2, 0) is 11.5 Å². The molecule has 26 heavy (non-hydrogen) atoms. The van der Waals surface area contributed by atoms with Gasteiger partial charge in [-0.25, -0.2) is 0 Å². The van der Waals surface area contributed by atoms with Gasteiger partial charge >= 0.3 is 0 Å². The SMILES string of the molecule is CC[C@H](C)c1ccc(-n2c(CSCc3ccccc3C)n[nH]c2=S)cc1. The molecule has 0 aliphatic carbocycles. The summed E-state index contributed by atoms with van der Waals surface area (Å²) >= 11 is 7.32. The van der Waals surface area contributed by atoms with Crippen molar-refractivity contribution in [3.05, 3.63) is 75.8 Å². The molecular weight excluding hydrogens is 358 g/mol. The molecule has 0 fully saturated rings. The molecule has 1 atom stereocenters. The quantitative estimate of drug-likeness (QED) is 0.494. The average Bonchev–Trinajstić information content (AvgIpc) is 3.03. The van der Waals surface area contributed by atoms with Crippen LogP contribution in [0.4, 0.5) is 0 Å². The van der Waals surface area contributed by atoms with Gasteiger partial charge in [-0.05, 0) is 60.3 Å². The van der Waals surface area contributed by atoms with Crippen LogP contribution >= 0.6 is 24.0 Å². The zero-order valence-corrected chi connectivity index (χ0v) is 17.2. The van der Waals surface area contributed by atoms with Crippen molar-refractivity contribution in [1.29, 1.82) is 0 Å². The van der Waals surface area contributed by atoms with E-state index in [0.29, 0.717) is 10.7 Å². The average molecular weight is 384 g/mol. The molecular formula is C21H25N3S2. The summed E-state index contributed by atoms with van der Waals surface area (Å²) in [5.41, 5.74) is 5.14. The molecule has 0 bridgehead atoms. The molecule has 0 spiro atoms. The third-order valence-electron chi connectivity index (χ3n) is 4.82. The molecule has 0 aliphatic heterocycles. The second-order valence-corrected chi connectivity index (χ2v) is 7.97. The van der Waals surface area contributed by atoms with Gasteiger partial charge in [-0.3, -0.25) is 9.67 Å². The number of nitrogens with one attached hydrogen (secondary N) is 1. The van der Waals surface area contributed by atoms with Crippen LogP contribution in [0.25, 0.3) is 5.69 Å². The van der Waals surface area contributed by atoms with Gasteiger partial charge in [0.25, 0.3) is 0 Å².